The first-order valence-corrected chi connectivity index (χ1v) is 6.30. The molecule has 1 aromatic rings. The van der Waals surface area contributed by atoms with Crippen LogP contribution >= 0.6 is 0 Å². The lowest BCUT2D eigenvalue weighted by Gasteiger charge is -2.20. The molecule has 1 aliphatic heterocycles. The second-order valence-electron chi connectivity index (χ2n) is 5.22. The van der Waals surface area contributed by atoms with Crippen LogP contribution in [0.25, 0.3) is 0 Å². The van der Waals surface area contributed by atoms with Crippen molar-refractivity contribution >= 4 is 5.78 Å². The topological polar surface area (TPSA) is 76.0 Å². The van der Waals surface area contributed by atoms with Gasteiger partial charge in [0.2, 0.25) is 0 Å². The highest BCUT2D eigenvalue weighted by atomic mass is 19.1. The highest BCUT2D eigenvalue weighted by Crippen LogP contribution is 2.27. The van der Waals surface area contributed by atoms with Crippen LogP contribution in [-0.2, 0) is 9.47 Å². The quantitative estimate of drug-likeness (QED) is 0.822. The number of carbonyl (C=O) groups excluding carboxylic acids is 1. The Labute approximate surface area is 115 Å². The number of aliphatic hydroxyl groups excluding tert-OH is 1. The van der Waals surface area contributed by atoms with E-state index >= 15 is 0 Å². The Morgan fingerprint density at radius 2 is 2.25 bits per heavy atom. The minimum atomic E-state index is -1.08. The molecule has 1 saturated heterocycles. The van der Waals surface area contributed by atoms with Crippen molar-refractivity contribution in [3.63, 3.8) is 0 Å². The summed E-state index contributed by atoms with van der Waals surface area (Å²) >= 11 is 0. The van der Waals surface area contributed by atoms with Gasteiger partial charge < -0.3 is 19.7 Å². The standard InChI is InChI=1S/C14H17FO5/c1-14(2)19-7-13(20-14)12(18)6-11(17)9-5-8(15)3-4-10(9)16/h3-5,12-13,16,18H,6-7H2,1-2H3/t12?,13-/m0/s1. The fourth-order valence-corrected chi connectivity index (χ4v) is 2.07. The number of benzene rings is 1. The van der Waals surface area contributed by atoms with Crippen LogP contribution < -0.4 is 0 Å². The lowest BCUT2D eigenvalue weighted by atomic mass is 10.0. The molecule has 20 heavy (non-hydrogen) atoms. The molecule has 110 valence electrons. The van der Waals surface area contributed by atoms with Gasteiger partial charge in [0.25, 0.3) is 0 Å². The molecule has 5 nitrogen and oxygen atoms in total. The number of carbonyl (C=O) groups is 1. The first-order chi connectivity index (χ1) is 9.28. The number of Topliss-reactive ketones (excluding diaryl/α,β-unsaturated/α-hetero) is 1. The van der Waals surface area contributed by atoms with Crippen molar-refractivity contribution in [3.8, 4) is 5.75 Å². The molecule has 1 aliphatic rings. The normalized spacial score (nSPS) is 22.7. The molecule has 0 aliphatic carbocycles. The summed E-state index contributed by atoms with van der Waals surface area (Å²) in [5, 5.41) is 19.5. The van der Waals surface area contributed by atoms with Gasteiger partial charge in [0.15, 0.2) is 11.6 Å². The van der Waals surface area contributed by atoms with E-state index in [9.17, 15) is 19.4 Å². The number of aliphatic hydroxyl groups is 1. The third-order valence-corrected chi connectivity index (χ3v) is 3.11. The Morgan fingerprint density at radius 1 is 1.55 bits per heavy atom. The lowest BCUT2D eigenvalue weighted by molar-refractivity contribution is -0.150. The molecule has 1 heterocycles. The van der Waals surface area contributed by atoms with Gasteiger partial charge in [0.1, 0.15) is 17.7 Å². The van der Waals surface area contributed by atoms with Crippen LogP contribution in [0.5, 0.6) is 5.75 Å². The summed E-state index contributed by atoms with van der Waals surface area (Å²) < 4.78 is 23.8. The predicted octanol–water partition coefficient (Wildman–Crippen LogP) is 1.62. The van der Waals surface area contributed by atoms with E-state index in [-0.39, 0.29) is 24.3 Å². The van der Waals surface area contributed by atoms with E-state index in [4.69, 9.17) is 9.47 Å². The summed E-state index contributed by atoms with van der Waals surface area (Å²) in [6, 6.07) is 3.10. The Hall–Kier alpha value is -1.50. The molecule has 0 spiro atoms. The molecule has 2 N–H and O–H groups in total. The summed E-state index contributed by atoms with van der Waals surface area (Å²) in [5.74, 6) is -2.28. The number of ether oxygens (including phenoxy) is 2. The minimum absolute atomic E-state index is 0.151. The maximum absolute atomic E-state index is 13.1. The molecule has 0 aromatic heterocycles. The van der Waals surface area contributed by atoms with Crippen LogP contribution in [0.3, 0.4) is 0 Å². The zero-order valence-corrected chi connectivity index (χ0v) is 11.3. The number of aromatic hydroxyl groups is 1. The molecule has 1 unspecified atom stereocenters. The molecule has 2 rings (SSSR count). The van der Waals surface area contributed by atoms with Crippen LogP contribution in [0.1, 0.15) is 30.6 Å². The maximum Gasteiger partial charge on any atom is 0.169 e. The van der Waals surface area contributed by atoms with Crippen LogP contribution in [0.4, 0.5) is 4.39 Å². The van der Waals surface area contributed by atoms with Crippen molar-refractivity contribution in [2.45, 2.75) is 38.3 Å². The number of halogens is 1. The number of ketones is 1. The van der Waals surface area contributed by atoms with E-state index in [1.54, 1.807) is 13.8 Å². The van der Waals surface area contributed by atoms with Crippen molar-refractivity contribution in [1.82, 2.24) is 0 Å². The summed E-state index contributed by atoms with van der Waals surface area (Å²) in [5.41, 5.74) is -0.151. The SMILES string of the molecule is CC1(C)OC[C@@H](C(O)CC(=O)c2cc(F)ccc2O)O1. The monoisotopic (exact) mass is 284 g/mol. The lowest BCUT2D eigenvalue weighted by Crippen LogP contribution is -2.32. The van der Waals surface area contributed by atoms with E-state index in [1.807, 2.05) is 0 Å². The first kappa shape index (κ1) is 14.9. The van der Waals surface area contributed by atoms with Crippen molar-refractivity contribution in [2.24, 2.45) is 0 Å². The Kier molecular flexibility index (Phi) is 4.08. The van der Waals surface area contributed by atoms with Gasteiger partial charge in [0, 0.05) is 6.42 Å². The smallest absolute Gasteiger partial charge is 0.169 e. The Bertz CT molecular complexity index is 514. The Balaban J connectivity index is 2.03. The molecular formula is C14H17FO5. The summed E-state index contributed by atoms with van der Waals surface area (Å²) in [6.07, 6.45) is -1.97. The second kappa shape index (κ2) is 5.47. The van der Waals surface area contributed by atoms with Crippen LogP contribution in [0, 0.1) is 5.82 Å². The molecule has 2 atom stereocenters. The van der Waals surface area contributed by atoms with Gasteiger partial charge in [-0.05, 0) is 32.0 Å². The number of hydrogen-bond acceptors (Lipinski definition) is 5. The summed E-state index contributed by atoms with van der Waals surface area (Å²) in [4.78, 5) is 12.0. The molecular weight excluding hydrogens is 267 g/mol. The summed E-state index contributed by atoms with van der Waals surface area (Å²) in [7, 11) is 0. The van der Waals surface area contributed by atoms with Gasteiger partial charge in [0.05, 0.1) is 18.3 Å². The number of hydrogen-bond donors (Lipinski definition) is 2. The third kappa shape index (κ3) is 3.33. The van der Waals surface area contributed by atoms with Crippen LogP contribution in [0.15, 0.2) is 18.2 Å². The molecule has 0 saturated carbocycles. The van der Waals surface area contributed by atoms with E-state index in [0.29, 0.717) is 0 Å². The van der Waals surface area contributed by atoms with Crippen LogP contribution in [-0.4, -0.2) is 40.6 Å². The van der Waals surface area contributed by atoms with Crippen molar-refractivity contribution < 1.29 is 28.9 Å². The van der Waals surface area contributed by atoms with E-state index in [2.05, 4.69) is 0 Å². The second-order valence-corrected chi connectivity index (χ2v) is 5.22. The van der Waals surface area contributed by atoms with E-state index in [0.717, 1.165) is 18.2 Å². The fraction of sp³-hybridized carbons (Fsp3) is 0.500. The molecule has 1 aromatic carbocycles. The average Bonchev–Trinajstić information content (AvgIpc) is 2.72. The van der Waals surface area contributed by atoms with Gasteiger partial charge in [-0.25, -0.2) is 4.39 Å². The molecule has 0 bridgehead atoms. The molecule has 0 amide bonds. The number of phenolic OH excluding ortho intramolecular Hbond substituents is 1. The minimum Gasteiger partial charge on any atom is -0.507 e. The fourth-order valence-electron chi connectivity index (χ4n) is 2.07. The third-order valence-electron chi connectivity index (χ3n) is 3.11. The summed E-state index contributed by atoms with van der Waals surface area (Å²) in [6.45, 7) is 3.59. The predicted molar refractivity (Wildman–Crippen MR) is 67.9 cm³/mol. The van der Waals surface area contributed by atoms with E-state index in [1.165, 1.54) is 0 Å². The molecule has 1 fully saturated rings. The largest absolute Gasteiger partial charge is 0.507 e. The zero-order chi connectivity index (χ0) is 14.9. The van der Waals surface area contributed by atoms with E-state index < -0.39 is 29.6 Å². The first-order valence-electron chi connectivity index (χ1n) is 6.30. The van der Waals surface area contributed by atoms with Gasteiger partial charge in [-0.2, -0.15) is 0 Å². The van der Waals surface area contributed by atoms with Gasteiger partial charge in [-0.15, -0.1) is 0 Å². The average molecular weight is 284 g/mol. The van der Waals surface area contributed by atoms with Crippen molar-refractivity contribution in [1.29, 1.82) is 0 Å². The zero-order valence-electron chi connectivity index (χ0n) is 11.3. The van der Waals surface area contributed by atoms with Crippen LogP contribution in [0.2, 0.25) is 0 Å². The maximum atomic E-state index is 13.1. The number of rotatable bonds is 4. The van der Waals surface area contributed by atoms with Gasteiger partial charge >= 0.3 is 0 Å². The van der Waals surface area contributed by atoms with Crippen molar-refractivity contribution in [2.75, 3.05) is 6.61 Å². The Morgan fingerprint density at radius 3 is 2.85 bits per heavy atom. The number of phenols is 1. The molecule has 6 heteroatoms. The highest BCUT2D eigenvalue weighted by molar-refractivity contribution is 5.98. The molecule has 0 radical (unpaired) electrons. The van der Waals surface area contributed by atoms with Gasteiger partial charge in [-0.1, -0.05) is 0 Å². The highest BCUT2D eigenvalue weighted by Gasteiger charge is 2.37. The van der Waals surface area contributed by atoms with Crippen molar-refractivity contribution in [3.05, 3.63) is 29.6 Å². The van der Waals surface area contributed by atoms with Gasteiger partial charge in [-0.3, -0.25) is 4.79 Å².